The monoisotopic (exact) mass is 459 g/mol. The normalized spacial score (nSPS) is 18.7. The summed E-state index contributed by atoms with van der Waals surface area (Å²) in [6, 6.07) is 12.4. The number of aromatic nitrogens is 2. The molecule has 5 nitrogen and oxygen atoms in total. The minimum Gasteiger partial charge on any atom is -0.441 e. The van der Waals surface area contributed by atoms with E-state index in [-0.39, 0.29) is 11.9 Å². The Labute approximate surface area is 198 Å². The van der Waals surface area contributed by atoms with Crippen molar-refractivity contribution in [3.63, 3.8) is 0 Å². The molecule has 2 atom stereocenters. The Morgan fingerprint density at radius 2 is 2.00 bits per heavy atom. The molecule has 1 saturated heterocycles. The summed E-state index contributed by atoms with van der Waals surface area (Å²) in [6.45, 7) is 7.15. The van der Waals surface area contributed by atoms with E-state index < -0.39 is 0 Å². The fourth-order valence-corrected chi connectivity index (χ4v) is 5.62. The SMILES string of the molecule is Cc1ccc(-c2cncs2)c(C(=O)N2CCC[C@@H](C)[C@H]2CCc2nc3cc(C)ccc3o2)c1. The average molecular weight is 460 g/mol. The van der Waals surface area contributed by atoms with E-state index >= 15 is 0 Å². The molecule has 6 heteroatoms. The summed E-state index contributed by atoms with van der Waals surface area (Å²) in [6.07, 6.45) is 5.59. The van der Waals surface area contributed by atoms with E-state index in [1.165, 1.54) is 5.56 Å². The van der Waals surface area contributed by atoms with Gasteiger partial charge in [0.15, 0.2) is 11.5 Å². The molecule has 2 aromatic carbocycles. The number of nitrogens with zero attached hydrogens (tertiary/aromatic N) is 3. The number of likely N-dealkylation sites (tertiary alicyclic amines) is 1. The van der Waals surface area contributed by atoms with Crippen LogP contribution >= 0.6 is 11.3 Å². The molecule has 5 rings (SSSR count). The summed E-state index contributed by atoms with van der Waals surface area (Å²) in [5.74, 6) is 1.31. The van der Waals surface area contributed by atoms with Crippen LogP contribution in [-0.2, 0) is 6.42 Å². The van der Waals surface area contributed by atoms with Crippen LogP contribution in [0, 0.1) is 19.8 Å². The quantitative estimate of drug-likeness (QED) is 0.344. The van der Waals surface area contributed by atoms with Gasteiger partial charge >= 0.3 is 0 Å². The Hall–Kier alpha value is -2.99. The first kappa shape index (κ1) is 21.8. The van der Waals surface area contributed by atoms with Crippen molar-refractivity contribution in [3.8, 4) is 10.4 Å². The summed E-state index contributed by atoms with van der Waals surface area (Å²) in [4.78, 5) is 25.9. The standard InChI is InChI=1S/C27H29N3O2S/c1-17-6-8-20(25-15-28-16-33-25)21(13-17)27(31)30-12-4-5-19(3)23(30)9-11-26-29-22-14-18(2)7-10-24(22)32-26/h6-8,10,13-16,19,23H,4-5,9,11-12H2,1-3H3/t19-,23-/m1/s1. The molecule has 170 valence electrons. The Balaban J connectivity index is 1.40. The third-order valence-corrected chi connectivity index (χ3v) is 7.53. The summed E-state index contributed by atoms with van der Waals surface area (Å²) >= 11 is 1.57. The van der Waals surface area contributed by atoms with E-state index in [1.54, 1.807) is 11.3 Å². The Morgan fingerprint density at radius 3 is 2.82 bits per heavy atom. The second-order valence-electron chi connectivity index (χ2n) is 9.22. The second kappa shape index (κ2) is 9.10. The Kier molecular flexibility index (Phi) is 6.02. The largest absolute Gasteiger partial charge is 0.441 e. The van der Waals surface area contributed by atoms with E-state index in [9.17, 15) is 4.79 Å². The Bertz CT molecular complexity index is 1280. The van der Waals surface area contributed by atoms with Crippen molar-refractivity contribution >= 4 is 28.3 Å². The second-order valence-corrected chi connectivity index (χ2v) is 10.1. The molecule has 33 heavy (non-hydrogen) atoms. The highest BCUT2D eigenvalue weighted by atomic mass is 32.1. The van der Waals surface area contributed by atoms with E-state index in [2.05, 4.69) is 41.9 Å². The van der Waals surface area contributed by atoms with Crippen LogP contribution < -0.4 is 0 Å². The van der Waals surface area contributed by atoms with Crippen molar-refractivity contribution in [3.05, 3.63) is 70.7 Å². The number of piperidine rings is 1. The molecule has 0 N–H and O–H groups in total. The van der Waals surface area contributed by atoms with E-state index in [1.807, 2.05) is 36.8 Å². The van der Waals surface area contributed by atoms with Gasteiger partial charge in [0.2, 0.25) is 0 Å². The molecule has 2 aromatic heterocycles. The molecule has 0 spiro atoms. The van der Waals surface area contributed by atoms with Gasteiger partial charge in [-0.1, -0.05) is 30.7 Å². The van der Waals surface area contributed by atoms with E-state index in [0.29, 0.717) is 5.92 Å². The van der Waals surface area contributed by atoms with Crippen LogP contribution in [0.15, 0.2) is 52.5 Å². The average Bonchev–Trinajstić information content (AvgIpc) is 3.47. The highest BCUT2D eigenvalue weighted by molar-refractivity contribution is 7.13. The maximum Gasteiger partial charge on any atom is 0.254 e. The van der Waals surface area contributed by atoms with Crippen molar-refractivity contribution in [2.45, 2.75) is 52.5 Å². The van der Waals surface area contributed by atoms with Gasteiger partial charge in [-0.3, -0.25) is 9.78 Å². The number of benzene rings is 2. The minimum absolute atomic E-state index is 0.117. The summed E-state index contributed by atoms with van der Waals surface area (Å²) in [5, 5.41) is 0. The number of oxazole rings is 1. The van der Waals surface area contributed by atoms with Gasteiger partial charge in [-0.15, -0.1) is 11.3 Å². The van der Waals surface area contributed by atoms with Crippen molar-refractivity contribution in [2.75, 3.05) is 6.54 Å². The zero-order valence-corrected chi connectivity index (χ0v) is 20.2. The van der Waals surface area contributed by atoms with Crippen LogP contribution in [-0.4, -0.2) is 33.4 Å². The molecule has 0 unspecified atom stereocenters. The summed E-state index contributed by atoms with van der Waals surface area (Å²) in [7, 11) is 0. The van der Waals surface area contributed by atoms with Crippen LogP contribution in [0.3, 0.4) is 0 Å². The molecule has 1 aliphatic heterocycles. The predicted molar refractivity (Wildman–Crippen MR) is 133 cm³/mol. The molecule has 4 aromatic rings. The zero-order valence-electron chi connectivity index (χ0n) is 19.4. The van der Waals surface area contributed by atoms with Crippen molar-refractivity contribution in [1.29, 1.82) is 0 Å². The molecule has 1 aliphatic rings. The molecule has 3 heterocycles. The molecular weight excluding hydrogens is 430 g/mol. The van der Waals surface area contributed by atoms with Gasteiger partial charge in [0.1, 0.15) is 5.52 Å². The third kappa shape index (κ3) is 4.44. The van der Waals surface area contributed by atoms with Gasteiger partial charge in [0, 0.05) is 36.3 Å². The van der Waals surface area contributed by atoms with Crippen LogP contribution in [0.1, 0.15) is 53.6 Å². The first-order valence-corrected chi connectivity index (χ1v) is 12.5. The lowest BCUT2D eigenvalue weighted by Gasteiger charge is -2.40. The highest BCUT2D eigenvalue weighted by Crippen LogP contribution is 2.33. The number of aryl methyl sites for hydroxylation is 3. The maximum atomic E-state index is 13.9. The minimum atomic E-state index is 0.117. The highest BCUT2D eigenvalue weighted by Gasteiger charge is 2.33. The number of carbonyl (C=O) groups excluding carboxylic acids is 1. The van der Waals surface area contributed by atoms with Crippen molar-refractivity contribution in [1.82, 2.24) is 14.9 Å². The lowest BCUT2D eigenvalue weighted by Crippen LogP contribution is -2.48. The van der Waals surface area contributed by atoms with Gasteiger partial charge in [-0.2, -0.15) is 0 Å². The van der Waals surface area contributed by atoms with Gasteiger partial charge in [-0.05, 0) is 62.8 Å². The number of amides is 1. The molecule has 1 fully saturated rings. The fourth-order valence-electron chi connectivity index (χ4n) is 4.96. The summed E-state index contributed by atoms with van der Waals surface area (Å²) < 4.78 is 5.99. The number of fused-ring (bicyclic) bond motifs is 1. The Morgan fingerprint density at radius 1 is 1.18 bits per heavy atom. The van der Waals surface area contributed by atoms with Crippen LogP contribution in [0.2, 0.25) is 0 Å². The summed E-state index contributed by atoms with van der Waals surface area (Å²) in [5.41, 5.74) is 7.56. The zero-order chi connectivity index (χ0) is 22.9. The number of thiazole rings is 1. The molecule has 0 radical (unpaired) electrons. The van der Waals surface area contributed by atoms with E-state index in [0.717, 1.165) is 70.8 Å². The van der Waals surface area contributed by atoms with E-state index in [4.69, 9.17) is 9.40 Å². The van der Waals surface area contributed by atoms with Gasteiger partial charge in [0.25, 0.3) is 5.91 Å². The number of rotatable bonds is 5. The first-order chi connectivity index (χ1) is 16.0. The smallest absolute Gasteiger partial charge is 0.254 e. The maximum absolute atomic E-state index is 13.9. The van der Waals surface area contributed by atoms with Gasteiger partial charge in [-0.25, -0.2) is 4.98 Å². The van der Waals surface area contributed by atoms with Gasteiger partial charge < -0.3 is 9.32 Å². The lowest BCUT2D eigenvalue weighted by atomic mass is 9.87. The molecule has 0 bridgehead atoms. The first-order valence-electron chi connectivity index (χ1n) is 11.7. The topological polar surface area (TPSA) is 59.2 Å². The number of hydrogen-bond donors (Lipinski definition) is 0. The van der Waals surface area contributed by atoms with Crippen LogP contribution in [0.5, 0.6) is 0 Å². The van der Waals surface area contributed by atoms with Crippen molar-refractivity contribution in [2.24, 2.45) is 5.92 Å². The molecule has 1 amide bonds. The number of hydrogen-bond acceptors (Lipinski definition) is 5. The molecular formula is C27H29N3O2S. The molecule has 0 saturated carbocycles. The molecule has 0 aliphatic carbocycles. The fraction of sp³-hybridized carbons (Fsp3) is 0.370. The van der Waals surface area contributed by atoms with Crippen LogP contribution in [0.4, 0.5) is 0 Å². The van der Waals surface area contributed by atoms with Crippen LogP contribution in [0.25, 0.3) is 21.5 Å². The number of carbonyl (C=O) groups is 1. The lowest BCUT2D eigenvalue weighted by molar-refractivity contribution is 0.0497. The van der Waals surface area contributed by atoms with Crippen molar-refractivity contribution < 1.29 is 9.21 Å². The predicted octanol–water partition coefficient (Wildman–Crippen LogP) is 6.44. The third-order valence-electron chi connectivity index (χ3n) is 6.72. The van der Waals surface area contributed by atoms with Gasteiger partial charge in [0.05, 0.1) is 10.4 Å².